The molecule has 0 unspecified atom stereocenters. The van der Waals surface area contributed by atoms with E-state index in [9.17, 15) is 9.59 Å². The van der Waals surface area contributed by atoms with Crippen molar-refractivity contribution >= 4 is 35.0 Å². The van der Waals surface area contributed by atoms with E-state index in [-0.39, 0.29) is 11.8 Å². The van der Waals surface area contributed by atoms with E-state index in [0.717, 1.165) is 5.56 Å². The van der Waals surface area contributed by atoms with Crippen molar-refractivity contribution < 1.29 is 9.59 Å². The van der Waals surface area contributed by atoms with Gasteiger partial charge in [0.15, 0.2) is 0 Å². The molecule has 3 rings (SSSR count). The molecule has 2 amide bonds. The van der Waals surface area contributed by atoms with Gasteiger partial charge < -0.3 is 10.2 Å². The van der Waals surface area contributed by atoms with Gasteiger partial charge in [-0.05, 0) is 23.8 Å². The second kappa shape index (κ2) is 9.22. The highest BCUT2D eigenvalue weighted by molar-refractivity contribution is 6.35. The van der Waals surface area contributed by atoms with Crippen LogP contribution in [0, 0.1) is 0 Å². The average Bonchev–Trinajstić information content (AvgIpc) is 2.69. The van der Waals surface area contributed by atoms with Gasteiger partial charge in [0, 0.05) is 37.7 Å². The van der Waals surface area contributed by atoms with Gasteiger partial charge in [-0.15, -0.1) is 0 Å². The van der Waals surface area contributed by atoms with E-state index in [4.69, 9.17) is 23.2 Å². The smallest absolute Gasteiger partial charge is 0.255 e. The van der Waals surface area contributed by atoms with E-state index in [1.807, 2.05) is 35.2 Å². The minimum absolute atomic E-state index is 0.0171. The molecule has 1 aliphatic heterocycles. The van der Waals surface area contributed by atoms with Gasteiger partial charge in [-0.2, -0.15) is 0 Å². The number of nitrogens with zero attached hydrogens (tertiary/aromatic N) is 2. The third-order valence-corrected chi connectivity index (χ3v) is 5.08. The summed E-state index contributed by atoms with van der Waals surface area (Å²) < 4.78 is 0. The molecular formula is C20H21Cl2N3O2. The van der Waals surface area contributed by atoms with E-state index in [1.54, 1.807) is 23.1 Å². The molecule has 27 heavy (non-hydrogen) atoms. The van der Waals surface area contributed by atoms with Crippen LogP contribution in [0.4, 0.5) is 0 Å². The third kappa shape index (κ3) is 5.45. The van der Waals surface area contributed by atoms with Crippen molar-refractivity contribution in [2.45, 2.75) is 6.54 Å². The van der Waals surface area contributed by atoms with Crippen molar-refractivity contribution in [1.82, 2.24) is 15.1 Å². The van der Waals surface area contributed by atoms with E-state index in [2.05, 4.69) is 5.32 Å². The number of hydrogen-bond donors (Lipinski definition) is 1. The highest BCUT2D eigenvalue weighted by atomic mass is 35.5. The Morgan fingerprint density at radius 3 is 2.37 bits per heavy atom. The summed E-state index contributed by atoms with van der Waals surface area (Å²) in [5, 5.41) is 3.80. The summed E-state index contributed by atoms with van der Waals surface area (Å²) >= 11 is 12.1. The lowest BCUT2D eigenvalue weighted by atomic mass is 10.1. The van der Waals surface area contributed by atoms with Crippen molar-refractivity contribution in [1.29, 1.82) is 0 Å². The van der Waals surface area contributed by atoms with Gasteiger partial charge in [0.1, 0.15) is 0 Å². The number of nitrogens with one attached hydrogen (secondary N) is 1. The lowest BCUT2D eigenvalue weighted by Crippen LogP contribution is -2.51. The Morgan fingerprint density at radius 2 is 1.67 bits per heavy atom. The molecule has 7 heteroatoms. The highest BCUT2D eigenvalue weighted by Gasteiger charge is 2.24. The Hall–Kier alpha value is -2.08. The number of carbonyl (C=O) groups excluding carboxylic acids is 2. The molecule has 1 heterocycles. The number of rotatable bonds is 5. The molecular weight excluding hydrogens is 385 g/mol. The maximum Gasteiger partial charge on any atom is 0.255 e. The summed E-state index contributed by atoms with van der Waals surface area (Å²) in [7, 11) is 0. The summed E-state index contributed by atoms with van der Waals surface area (Å²) in [4.78, 5) is 28.6. The molecule has 0 atom stereocenters. The molecule has 0 spiro atoms. The van der Waals surface area contributed by atoms with Gasteiger partial charge in [0.25, 0.3) is 5.91 Å². The van der Waals surface area contributed by atoms with Crippen LogP contribution in [0.15, 0.2) is 48.5 Å². The second-order valence-electron chi connectivity index (χ2n) is 6.45. The van der Waals surface area contributed by atoms with E-state index < -0.39 is 0 Å². The van der Waals surface area contributed by atoms with Crippen LogP contribution in [0.3, 0.4) is 0 Å². The number of piperazine rings is 1. The lowest BCUT2D eigenvalue weighted by Gasteiger charge is -2.34. The first kappa shape index (κ1) is 19.7. The van der Waals surface area contributed by atoms with Crippen LogP contribution < -0.4 is 5.32 Å². The van der Waals surface area contributed by atoms with E-state index in [0.29, 0.717) is 54.9 Å². The van der Waals surface area contributed by atoms with Gasteiger partial charge >= 0.3 is 0 Å². The van der Waals surface area contributed by atoms with Crippen LogP contribution in [0.5, 0.6) is 0 Å². The fraction of sp³-hybridized carbons (Fsp3) is 0.300. The van der Waals surface area contributed by atoms with Crippen molar-refractivity contribution in [3.8, 4) is 0 Å². The van der Waals surface area contributed by atoms with Crippen LogP contribution in [0.25, 0.3) is 0 Å². The van der Waals surface area contributed by atoms with Crippen LogP contribution >= 0.6 is 23.2 Å². The van der Waals surface area contributed by atoms with Crippen LogP contribution in [-0.4, -0.2) is 54.3 Å². The number of benzene rings is 2. The fourth-order valence-corrected chi connectivity index (χ4v) is 3.37. The van der Waals surface area contributed by atoms with Gasteiger partial charge in [0.2, 0.25) is 5.91 Å². The standard InChI is InChI=1S/C20H21Cl2N3O2/c21-16-6-7-18(22)17(12-16)20(27)25-10-8-24(9-11-25)14-19(26)23-13-15-4-2-1-3-5-15/h1-7,12H,8-11,13-14H2,(H,23,26). The topological polar surface area (TPSA) is 52.7 Å². The second-order valence-corrected chi connectivity index (χ2v) is 7.30. The highest BCUT2D eigenvalue weighted by Crippen LogP contribution is 2.22. The summed E-state index contributed by atoms with van der Waals surface area (Å²) in [6.45, 7) is 3.23. The maximum absolute atomic E-state index is 12.6. The molecule has 0 bridgehead atoms. The Balaban J connectivity index is 1.46. The van der Waals surface area contributed by atoms with Gasteiger partial charge in [0.05, 0.1) is 17.1 Å². The van der Waals surface area contributed by atoms with Crippen molar-refractivity contribution in [3.05, 3.63) is 69.7 Å². The molecule has 0 aliphatic carbocycles. The number of hydrogen-bond acceptors (Lipinski definition) is 3. The molecule has 1 saturated heterocycles. The Kier molecular flexibility index (Phi) is 6.72. The molecule has 1 aliphatic rings. The molecule has 1 N–H and O–H groups in total. The third-order valence-electron chi connectivity index (χ3n) is 4.52. The Morgan fingerprint density at radius 1 is 0.963 bits per heavy atom. The fourth-order valence-electron chi connectivity index (χ4n) is 3.00. The lowest BCUT2D eigenvalue weighted by molar-refractivity contribution is -0.122. The number of amides is 2. The molecule has 5 nitrogen and oxygen atoms in total. The molecule has 0 saturated carbocycles. The zero-order chi connectivity index (χ0) is 19.2. The van der Waals surface area contributed by atoms with Gasteiger partial charge in [-0.25, -0.2) is 0 Å². The minimum Gasteiger partial charge on any atom is -0.351 e. The maximum atomic E-state index is 12.6. The first-order chi connectivity index (χ1) is 13.0. The molecule has 0 aromatic heterocycles. The Bertz CT molecular complexity index is 806. The van der Waals surface area contributed by atoms with Gasteiger partial charge in [-0.3, -0.25) is 14.5 Å². The molecule has 2 aromatic carbocycles. The zero-order valence-electron chi connectivity index (χ0n) is 14.8. The first-order valence-corrected chi connectivity index (χ1v) is 9.56. The first-order valence-electron chi connectivity index (χ1n) is 8.80. The van der Waals surface area contributed by atoms with Crippen molar-refractivity contribution in [3.63, 3.8) is 0 Å². The molecule has 142 valence electrons. The minimum atomic E-state index is -0.129. The largest absolute Gasteiger partial charge is 0.351 e. The number of halogens is 2. The van der Waals surface area contributed by atoms with E-state index >= 15 is 0 Å². The van der Waals surface area contributed by atoms with Gasteiger partial charge in [-0.1, -0.05) is 53.5 Å². The Labute approximate surface area is 168 Å². The summed E-state index contributed by atoms with van der Waals surface area (Å²) in [6.07, 6.45) is 0. The van der Waals surface area contributed by atoms with Crippen LogP contribution in [-0.2, 0) is 11.3 Å². The predicted molar refractivity (Wildman–Crippen MR) is 107 cm³/mol. The summed E-state index contributed by atoms with van der Waals surface area (Å²) in [5.74, 6) is -0.146. The van der Waals surface area contributed by atoms with Crippen molar-refractivity contribution in [2.24, 2.45) is 0 Å². The number of carbonyl (C=O) groups is 2. The monoisotopic (exact) mass is 405 g/mol. The van der Waals surface area contributed by atoms with Crippen molar-refractivity contribution in [2.75, 3.05) is 32.7 Å². The normalized spacial score (nSPS) is 14.8. The average molecular weight is 406 g/mol. The molecule has 2 aromatic rings. The van der Waals surface area contributed by atoms with E-state index in [1.165, 1.54) is 0 Å². The summed E-state index contributed by atoms with van der Waals surface area (Å²) in [6, 6.07) is 14.7. The quantitative estimate of drug-likeness (QED) is 0.831. The molecule has 1 fully saturated rings. The van der Waals surface area contributed by atoms with Crippen LogP contribution in [0.1, 0.15) is 15.9 Å². The SMILES string of the molecule is O=C(CN1CCN(C(=O)c2cc(Cl)ccc2Cl)CC1)NCc1ccccc1. The summed E-state index contributed by atoms with van der Waals surface area (Å²) in [5.41, 5.74) is 1.48. The van der Waals surface area contributed by atoms with Crippen LogP contribution in [0.2, 0.25) is 10.0 Å². The predicted octanol–water partition coefficient (Wildman–Crippen LogP) is 3.07. The molecule has 0 radical (unpaired) electrons. The zero-order valence-corrected chi connectivity index (χ0v) is 16.3.